The van der Waals surface area contributed by atoms with Crippen molar-refractivity contribution in [2.75, 3.05) is 5.32 Å². The van der Waals surface area contributed by atoms with Gasteiger partial charge < -0.3 is 15.4 Å². The van der Waals surface area contributed by atoms with Crippen LogP contribution in [-0.2, 0) is 4.79 Å². The average molecular weight is 423 g/mol. The van der Waals surface area contributed by atoms with E-state index in [0.29, 0.717) is 16.8 Å². The van der Waals surface area contributed by atoms with E-state index in [-0.39, 0.29) is 11.5 Å². The number of aromatic carboxylic acids is 1. The number of carbonyl (C=O) groups is 2. The summed E-state index contributed by atoms with van der Waals surface area (Å²) >= 11 is 3.49. The summed E-state index contributed by atoms with van der Waals surface area (Å²) in [6.45, 7) is 1.72. The van der Waals surface area contributed by atoms with E-state index in [2.05, 4.69) is 26.2 Å². The summed E-state index contributed by atoms with van der Waals surface area (Å²) in [5.41, 5.74) is 5.37. The molecule has 0 atom stereocenters. The quantitative estimate of drug-likeness (QED) is 0.522. The summed E-state index contributed by atoms with van der Waals surface area (Å²) in [6, 6.07) is 13.6. The lowest BCUT2D eigenvalue weighted by molar-refractivity contribution is -0.110. The van der Waals surface area contributed by atoms with Crippen LogP contribution in [0, 0.1) is 6.92 Å². The molecular weight excluding hydrogens is 408 g/mol. The average Bonchev–Trinajstić information content (AvgIpc) is 3.15. The van der Waals surface area contributed by atoms with Crippen LogP contribution in [0.3, 0.4) is 0 Å². The number of nitrogens with one attached hydrogen (secondary N) is 2. The van der Waals surface area contributed by atoms with Crippen molar-refractivity contribution in [3.05, 3.63) is 75.5 Å². The number of rotatable bonds is 3. The zero-order chi connectivity index (χ0) is 19.1. The number of carbonyl (C=O) groups excluding carboxylic acids is 1. The second kappa shape index (κ2) is 6.55. The lowest BCUT2D eigenvalue weighted by Crippen LogP contribution is -2.03. The summed E-state index contributed by atoms with van der Waals surface area (Å²) in [6.07, 6.45) is 3.16. The Bertz CT molecular complexity index is 1130. The minimum Gasteiger partial charge on any atom is -0.478 e. The predicted molar refractivity (Wildman–Crippen MR) is 109 cm³/mol. The zero-order valence-electron chi connectivity index (χ0n) is 14.3. The standard InChI is InChI=1S/C21H15BrN2O3/c1-11-16(21(26)27)10-23-18(11)9-15-19-14(12-4-2-5-13(22)8-12)6-3-7-17(19)24-20(15)25/h2-10,23H,1H3,(H,24,25)(H,26,27)/b15-9-. The monoisotopic (exact) mass is 422 g/mol. The molecule has 2 heterocycles. The number of carboxylic acids is 1. The molecule has 0 fully saturated rings. The fraction of sp³-hybridized carbons (Fsp3) is 0.0476. The molecule has 0 radical (unpaired) electrons. The number of aromatic nitrogens is 1. The van der Waals surface area contributed by atoms with Gasteiger partial charge in [-0.1, -0.05) is 40.2 Å². The van der Waals surface area contributed by atoms with Gasteiger partial charge in [0, 0.05) is 27.6 Å². The maximum Gasteiger partial charge on any atom is 0.337 e. The summed E-state index contributed by atoms with van der Waals surface area (Å²) in [7, 11) is 0. The predicted octanol–water partition coefficient (Wildman–Crippen LogP) is 4.94. The molecule has 1 aliphatic heterocycles. The van der Waals surface area contributed by atoms with Gasteiger partial charge in [-0.2, -0.15) is 0 Å². The first kappa shape index (κ1) is 17.3. The largest absolute Gasteiger partial charge is 0.478 e. The van der Waals surface area contributed by atoms with Crippen molar-refractivity contribution in [1.82, 2.24) is 4.98 Å². The third kappa shape index (κ3) is 2.98. The molecule has 0 unspecified atom stereocenters. The molecule has 0 spiro atoms. The summed E-state index contributed by atoms with van der Waals surface area (Å²) < 4.78 is 0.951. The molecule has 0 bridgehead atoms. The van der Waals surface area contributed by atoms with Crippen molar-refractivity contribution in [3.63, 3.8) is 0 Å². The normalized spacial score (nSPS) is 14.3. The molecule has 6 heteroatoms. The summed E-state index contributed by atoms with van der Waals surface area (Å²) in [4.78, 5) is 26.9. The minimum absolute atomic E-state index is 0.195. The molecule has 4 rings (SSSR count). The van der Waals surface area contributed by atoms with E-state index in [9.17, 15) is 14.7 Å². The summed E-state index contributed by atoms with van der Waals surface area (Å²) in [5.74, 6) is -1.21. The van der Waals surface area contributed by atoms with Crippen molar-refractivity contribution in [2.45, 2.75) is 6.92 Å². The van der Waals surface area contributed by atoms with Gasteiger partial charge in [0.2, 0.25) is 0 Å². The van der Waals surface area contributed by atoms with Crippen LogP contribution in [0.15, 0.2) is 53.1 Å². The number of fused-ring (bicyclic) bond motifs is 1. The lowest BCUT2D eigenvalue weighted by Gasteiger charge is -2.09. The van der Waals surface area contributed by atoms with Crippen molar-refractivity contribution < 1.29 is 14.7 Å². The molecule has 3 aromatic rings. The molecule has 5 nitrogen and oxygen atoms in total. The van der Waals surface area contributed by atoms with Crippen molar-refractivity contribution in [1.29, 1.82) is 0 Å². The first-order valence-electron chi connectivity index (χ1n) is 8.29. The number of anilines is 1. The molecule has 27 heavy (non-hydrogen) atoms. The van der Waals surface area contributed by atoms with Gasteiger partial charge in [-0.3, -0.25) is 4.79 Å². The molecule has 0 saturated carbocycles. The number of aromatic amines is 1. The second-order valence-corrected chi connectivity index (χ2v) is 7.21. The first-order valence-corrected chi connectivity index (χ1v) is 9.08. The highest BCUT2D eigenvalue weighted by Gasteiger charge is 2.28. The molecule has 134 valence electrons. The topological polar surface area (TPSA) is 82.2 Å². The number of halogens is 1. The van der Waals surface area contributed by atoms with Crippen LogP contribution < -0.4 is 5.32 Å². The van der Waals surface area contributed by atoms with Crippen molar-refractivity contribution in [2.24, 2.45) is 0 Å². The summed E-state index contributed by atoms with van der Waals surface area (Å²) in [5, 5.41) is 12.1. The van der Waals surface area contributed by atoms with Gasteiger partial charge in [0.05, 0.1) is 11.1 Å². The van der Waals surface area contributed by atoms with Crippen LogP contribution in [0.2, 0.25) is 0 Å². The number of hydrogen-bond donors (Lipinski definition) is 3. The minimum atomic E-state index is -1.00. The van der Waals surface area contributed by atoms with E-state index >= 15 is 0 Å². The van der Waals surface area contributed by atoms with E-state index in [1.165, 1.54) is 6.20 Å². The Kier molecular flexibility index (Phi) is 4.20. The Morgan fingerprint density at radius 3 is 2.67 bits per heavy atom. The highest BCUT2D eigenvalue weighted by molar-refractivity contribution is 9.10. The van der Waals surface area contributed by atoms with Crippen LogP contribution in [0.5, 0.6) is 0 Å². The maximum absolute atomic E-state index is 12.6. The van der Waals surface area contributed by atoms with Gasteiger partial charge in [-0.05, 0) is 47.9 Å². The molecule has 0 saturated heterocycles. The molecule has 1 aromatic heterocycles. The number of hydrogen-bond acceptors (Lipinski definition) is 2. The third-order valence-corrected chi connectivity index (χ3v) is 5.15. The van der Waals surface area contributed by atoms with Crippen LogP contribution in [0.1, 0.15) is 27.2 Å². The Morgan fingerprint density at radius 2 is 1.96 bits per heavy atom. The molecule has 1 aliphatic rings. The van der Waals surface area contributed by atoms with Gasteiger partial charge in [-0.25, -0.2) is 4.79 Å². The van der Waals surface area contributed by atoms with Gasteiger partial charge in [0.15, 0.2) is 0 Å². The van der Waals surface area contributed by atoms with E-state index < -0.39 is 5.97 Å². The van der Waals surface area contributed by atoms with Crippen molar-refractivity contribution in [3.8, 4) is 11.1 Å². The maximum atomic E-state index is 12.6. The molecule has 0 aliphatic carbocycles. The van der Waals surface area contributed by atoms with Crippen LogP contribution in [0.4, 0.5) is 5.69 Å². The number of amides is 1. The Balaban J connectivity index is 1.90. The van der Waals surface area contributed by atoms with Gasteiger partial charge in [0.1, 0.15) is 0 Å². The van der Waals surface area contributed by atoms with Gasteiger partial charge >= 0.3 is 5.97 Å². The molecular formula is C21H15BrN2O3. The van der Waals surface area contributed by atoms with Crippen LogP contribution in [-0.4, -0.2) is 22.0 Å². The van der Waals surface area contributed by atoms with Crippen LogP contribution in [0.25, 0.3) is 22.8 Å². The van der Waals surface area contributed by atoms with E-state index in [0.717, 1.165) is 26.9 Å². The Hall–Kier alpha value is -3.12. The highest BCUT2D eigenvalue weighted by atomic mass is 79.9. The molecule has 2 aromatic carbocycles. The number of benzene rings is 2. The third-order valence-electron chi connectivity index (χ3n) is 4.66. The van der Waals surface area contributed by atoms with Crippen molar-refractivity contribution >= 4 is 45.1 Å². The van der Waals surface area contributed by atoms with Gasteiger partial charge in [0.25, 0.3) is 5.91 Å². The van der Waals surface area contributed by atoms with E-state index in [4.69, 9.17) is 0 Å². The number of H-pyrrole nitrogens is 1. The number of carboxylic acid groups (broad SMARTS) is 1. The first-order chi connectivity index (χ1) is 13.0. The smallest absolute Gasteiger partial charge is 0.337 e. The Morgan fingerprint density at radius 1 is 1.19 bits per heavy atom. The van der Waals surface area contributed by atoms with E-state index in [1.807, 2.05) is 42.5 Å². The lowest BCUT2D eigenvalue weighted by atomic mass is 9.94. The zero-order valence-corrected chi connectivity index (χ0v) is 15.9. The fourth-order valence-corrected chi connectivity index (χ4v) is 3.71. The Labute approximate surface area is 163 Å². The van der Waals surface area contributed by atoms with Crippen LogP contribution >= 0.6 is 15.9 Å². The molecule has 3 N–H and O–H groups in total. The van der Waals surface area contributed by atoms with Gasteiger partial charge in [-0.15, -0.1) is 0 Å². The SMILES string of the molecule is Cc1c(C(=O)O)c[nH]c1/C=C1\C(=O)Nc2cccc(-c3cccc(Br)c3)c21. The molecule has 1 amide bonds. The second-order valence-electron chi connectivity index (χ2n) is 6.30. The highest BCUT2D eigenvalue weighted by Crippen LogP contribution is 2.41. The van der Waals surface area contributed by atoms with E-state index in [1.54, 1.807) is 13.0 Å². The fourth-order valence-electron chi connectivity index (χ4n) is 3.31.